The zero-order valence-electron chi connectivity index (χ0n) is 5.73. The van der Waals surface area contributed by atoms with Gasteiger partial charge in [0.25, 0.3) is 6.57 Å². The predicted octanol–water partition coefficient (Wildman–Crippen LogP) is 1.27. The van der Waals surface area contributed by atoms with E-state index in [2.05, 4.69) is 4.52 Å². The maximum absolute atomic E-state index is 11.1. The number of hydrogen-bond acceptors (Lipinski definition) is 4. The Hall–Kier alpha value is 0.01000. The SMILES string of the molecule is COP(=O)(CC(=O)O)SC. The topological polar surface area (TPSA) is 63.6 Å². The van der Waals surface area contributed by atoms with Crippen molar-refractivity contribution in [3.63, 3.8) is 0 Å². The Labute approximate surface area is 63.2 Å². The van der Waals surface area contributed by atoms with E-state index in [1.54, 1.807) is 6.26 Å². The third-order valence-electron chi connectivity index (χ3n) is 0.885. The molecule has 0 amide bonds. The van der Waals surface area contributed by atoms with Crippen LogP contribution >= 0.6 is 18.0 Å². The second kappa shape index (κ2) is 4.01. The van der Waals surface area contributed by atoms with E-state index in [-0.39, 0.29) is 0 Å². The maximum Gasteiger partial charge on any atom is 0.314 e. The second-order valence-electron chi connectivity index (χ2n) is 1.53. The molecule has 1 unspecified atom stereocenters. The molecule has 0 aliphatic carbocycles. The molecule has 60 valence electrons. The summed E-state index contributed by atoms with van der Waals surface area (Å²) in [4.78, 5) is 10.1. The molecule has 0 saturated heterocycles. The van der Waals surface area contributed by atoms with Gasteiger partial charge in [-0.2, -0.15) is 0 Å². The smallest absolute Gasteiger partial charge is 0.314 e. The summed E-state index contributed by atoms with van der Waals surface area (Å²) in [6.45, 7) is -2.92. The quantitative estimate of drug-likeness (QED) is 0.666. The first-order chi connectivity index (χ1) is 4.54. The van der Waals surface area contributed by atoms with Crippen molar-refractivity contribution in [3.05, 3.63) is 0 Å². The Balaban J connectivity index is 4.07. The van der Waals surface area contributed by atoms with Crippen molar-refractivity contribution in [1.82, 2.24) is 0 Å². The number of hydrogen-bond donors (Lipinski definition) is 1. The Morgan fingerprint density at radius 3 is 2.40 bits per heavy atom. The van der Waals surface area contributed by atoms with Crippen LogP contribution in [-0.2, 0) is 13.9 Å². The fraction of sp³-hybridized carbons (Fsp3) is 0.750. The molecule has 0 rings (SSSR count). The monoisotopic (exact) mass is 184 g/mol. The first-order valence-electron chi connectivity index (χ1n) is 2.46. The second-order valence-corrected chi connectivity index (χ2v) is 6.56. The molecule has 0 fully saturated rings. The van der Waals surface area contributed by atoms with Crippen LogP contribution in [0.4, 0.5) is 0 Å². The first kappa shape index (κ1) is 10.0. The minimum atomic E-state index is -2.92. The lowest BCUT2D eigenvalue weighted by atomic mass is 10.8. The van der Waals surface area contributed by atoms with E-state index in [9.17, 15) is 9.36 Å². The van der Waals surface area contributed by atoms with Crippen molar-refractivity contribution in [3.8, 4) is 0 Å². The number of carbonyl (C=O) groups is 1. The minimum Gasteiger partial charge on any atom is -0.481 e. The minimum absolute atomic E-state index is 0.412. The molecule has 10 heavy (non-hydrogen) atoms. The Morgan fingerprint density at radius 2 is 2.30 bits per heavy atom. The molecule has 0 aliphatic rings. The zero-order chi connectivity index (χ0) is 8.20. The van der Waals surface area contributed by atoms with Crippen molar-refractivity contribution in [1.29, 1.82) is 0 Å². The van der Waals surface area contributed by atoms with Crippen LogP contribution in [0.1, 0.15) is 0 Å². The molecular weight excluding hydrogens is 175 g/mol. The zero-order valence-corrected chi connectivity index (χ0v) is 7.45. The molecule has 0 saturated carbocycles. The lowest BCUT2D eigenvalue weighted by molar-refractivity contribution is -0.134. The molecule has 0 radical (unpaired) electrons. The van der Waals surface area contributed by atoms with Crippen LogP contribution in [0.15, 0.2) is 0 Å². The van der Waals surface area contributed by atoms with Gasteiger partial charge in [-0.25, -0.2) is 0 Å². The highest BCUT2D eigenvalue weighted by atomic mass is 32.7. The third kappa shape index (κ3) is 3.25. The van der Waals surface area contributed by atoms with Crippen LogP contribution in [0.2, 0.25) is 0 Å². The molecular formula is C4H9O4PS. The van der Waals surface area contributed by atoms with E-state index in [4.69, 9.17) is 5.11 Å². The molecule has 0 spiro atoms. The van der Waals surface area contributed by atoms with Crippen molar-refractivity contribution < 1.29 is 19.0 Å². The highest BCUT2D eigenvalue weighted by molar-refractivity contribution is 8.56. The molecule has 0 bridgehead atoms. The highest BCUT2D eigenvalue weighted by Crippen LogP contribution is 2.56. The normalized spacial score (nSPS) is 16.2. The molecule has 0 aromatic heterocycles. The standard InChI is InChI=1S/C4H9O4PS/c1-8-9(7,10-2)3-4(5)6/h3H2,1-2H3,(H,5,6). The number of carboxylic acid groups (broad SMARTS) is 1. The van der Waals surface area contributed by atoms with Crippen molar-refractivity contribution in [2.45, 2.75) is 0 Å². The van der Waals surface area contributed by atoms with Gasteiger partial charge in [-0.3, -0.25) is 9.36 Å². The van der Waals surface area contributed by atoms with Gasteiger partial charge in [0.1, 0.15) is 6.16 Å². The molecule has 0 aromatic carbocycles. The van der Waals surface area contributed by atoms with E-state index in [0.29, 0.717) is 0 Å². The lowest BCUT2D eigenvalue weighted by Gasteiger charge is -2.08. The first-order valence-corrected chi connectivity index (χ1v) is 6.10. The Morgan fingerprint density at radius 1 is 1.80 bits per heavy atom. The number of rotatable bonds is 4. The summed E-state index contributed by atoms with van der Waals surface area (Å²) in [5.74, 6) is -1.10. The van der Waals surface area contributed by atoms with Gasteiger partial charge >= 0.3 is 5.97 Å². The van der Waals surface area contributed by atoms with Crippen LogP contribution in [0, 0.1) is 0 Å². The van der Waals surface area contributed by atoms with Gasteiger partial charge in [0.2, 0.25) is 0 Å². The van der Waals surface area contributed by atoms with Gasteiger partial charge in [-0.15, -0.1) is 0 Å². The van der Waals surface area contributed by atoms with Gasteiger partial charge in [0.15, 0.2) is 0 Å². The van der Waals surface area contributed by atoms with Gasteiger partial charge in [-0.05, 0) is 6.26 Å². The van der Waals surface area contributed by atoms with Crippen molar-refractivity contribution in [2.24, 2.45) is 0 Å². The largest absolute Gasteiger partial charge is 0.481 e. The summed E-state index contributed by atoms with van der Waals surface area (Å²) in [5.41, 5.74) is 0. The number of carboxylic acids is 1. The van der Waals surface area contributed by atoms with E-state index in [0.717, 1.165) is 11.4 Å². The van der Waals surface area contributed by atoms with E-state index in [1.165, 1.54) is 7.11 Å². The molecule has 6 heteroatoms. The van der Waals surface area contributed by atoms with Crippen molar-refractivity contribution in [2.75, 3.05) is 19.5 Å². The summed E-state index contributed by atoms with van der Waals surface area (Å²) in [7, 11) is 1.25. The average Bonchev–Trinajstić information content (AvgIpc) is 1.87. The average molecular weight is 184 g/mol. The van der Waals surface area contributed by atoms with E-state index < -0.39 is 18.7 Å². The van der Waals surface area contributed by atoms with E-state index in [1.807, 2.05) is 0 Å². The molecule has 4 nitrogen and oxygen atoms in total. The Bertz CT molecular complexity index is 161. The van der Waals surface area contributed by atoms with Crippen LogP contribution in [-0.4, -0.2) is 30.6 Å². The summed E-state index contributed by atoms with van der Waals surface area (Å²) >= 11 is 0.953. The maximum atomic E-state index is 11.1. The lowest BCUT2D eigenvalue weighted by Crippen LogP contribution is -2.02. The Kier molecular flexibility index (Phi) is 4.01. The van der Waals surface area contributed by atoms with Gasteiger partial charge in [0, 0.05) is 7.11 Å². The third-order valence-corrected chi connectivity index (χ3v) is 5.16. The fourth-order valence-corrected chi connectivity index (χ4v) is 2.27. The number of aliphatic carboxylic acids is 1. The van der Waals surface area contributed by atoms with Gasteiger partial charge in [0.05, 0.1) is 0 Å². The molecule has 1 N–H and O–H groups in total. The molecule has 0 aromatic rings. The van der Waals surface area contributed by atoms with Gasteiger partial charge < -0.3 is 9.63 Å². The van der Waals surface area contributed by atoms with Crippen LogP contribution in [0.25, 0.3) is 0 Å². The predicted molar refractivity (Wildman–Crippen MR) is 40.6 cm³/mol. The molecule has 0 aliphatic heterocycles. The van der Waals surface area contributed by atoms with Crippen molar-refractivity contribution >= 4 is 23.9 Å². The van der Waals surface area contributed by atoms with Gasteiger partial charge in [-0.1, -0.05) is 11.4 Å². The fourth-order valence-electron chi connectivity index (χ4n) is 0.369. The molecule has 1 atom stereocenters. The summed E-state index contributed by atoms with van der Waals surface area (Å²) in [6, 6.07) is 0. The highest BCUT2D eigenvalue weighted by Gasteiger charge is 2.23. The molecule has 0 heterocycles. The van der Waals surface area contributed by atoms with E-state index >= 15 is 0 Å². The summed E-state index contributed by atoms with van der Waals surface area (Å²) in [6.07, 6.45) is 1.15. The van der Waals surface area contributed by atoms with Crippen LogP contribution in [0.3, 0.4) is 0 Å². The summed E-state index contributed by atoms with van der Waals surface area (Å²) < 4.78 is 15.7. The van der Waals surface area contributed by atoms with Crippen LogP contribution in [0.5, 0.6) is 0 Å². The van der Waals surface area contributed by atoms with Crippen LogP contribution < -0.4 is 0 Å². The summed E-state index contributed by atoms with van der Waals surface area (Å²) in [5, 5.41) is 8.25.